The van der Waals surface area contributed by atoms with Gasteiger partial charge < -0.3 is 4.74 Å². The van der Waals surface area contributed by atoms with Crippen molar-refractivity contribution in [3.8, 4) is 0 Å². The van der Waals surface area contributed by atoms with Crippen molar-refractivity contribution in [2.24, 2.45) is 5.14 Å². The first kappa shape index (κ1) is 14.6. The Morgan fingerprint density at radius 2 is 2.06 bits per heavy atom. The lowest BCUT2D eigenvalue weighted by Crippen LogP contribution is -2.32. The highest BCUT2D eigenvalue weighted by molar-refractivity contribution is 9.10. The molecule has 96 valence electrons. The molecule has 17 heavy (non-hydrogen) atoms. The molecule has 0 aliphatic rings. The van der Waals surface area contributed by atoms with E-state index >= 15 is 0 Å². The Kier molecular flexibility index (Phi) is 4.65. The summed E-state index contributed by atoms with van der Waals surface area (Å²) in [6, 6.07) is 4.33. The first-order chi connectivity index (χ1) is 7.77. The quantitative estimate of drug-likeness (QED) is 0.919. The highest BCUT2D eigenvalue weighted by Crippen LogP contribution is 2.28. The third-order valence-corrected chi connectivity index (χ3v) is 4.24. The van der Waals surface area contributed by atoms with Gasteiger partial charge in [-0.1, -0.05) is 22.0 Å². The van der Waals surface area contributed by atoms with Gasteiger partial charge in [-0.25, -0.2) is 17.9 Å². The molecule has 0 heterocycles. The molecule has 0 fully saturated rings. The van der Waals surface area contributed by atoms with Gasteiger partial charge in [-0.3, -0.25) is 0 Å². The molecule has 0 aliphatic heterocycles. The number of rotatable bonds is 4. The van der Waals surface area contributed by atoms with Crippen LogP contribution in [0.5, 0.6) is 0 Å². The number of sulfonamides is 1. The van der Waals surface area contributed by atoms with E-state index in [-0.39, 0.29) is 5.56 Å². The second kappa shape index (κ2) is 5.43. The predicted molar refractivity (Wildman–Crippen MR) is 66.4 cm³/mol. The van der Waals surface area contributed by atoms with E-state index in [1.165, 1.54) is 26.2 Å². The summed E-state index contributed by atoms with van der Waals surface area (Å²) in [5.74, 6) is -0.540. The Balaban J connectivity index is 3.19. The van der Waals surface area contributed by atoms with E-state index in [0.717, 1.165) is 0 Å². The Bertz CT molecular complexity index is 506. The monoisotopic (exact) mass is 325 g/mol. The summed E-state index contributed by atoms with van der Waals surface area (Å²) in [6.45, 7) is 1.38. The summed E-state index contributed by atoms with van der Waals surface area (Å²) >= 11 is 3.12. The molecule has 0 amide bonds. The van der Waals surface area contributed by atoms with E-state index < -0.39 is 27.2 Å². The third kappa shape index (κ3) is 3.48. The number of benzene rings is 1. The molecule has 2 atom stereocenters. The van der Waals surface area contributed by atoms with Crippen LogP contribution in [-0.2, 0) is 14.8 Å². The van der Waals surface area contributed by atoms with Gasteiger partial charge in [0.1, 0.15) is 17.2 Å². The minimum atomic E-state index is -3.79. The minimum absolute atomic E-state index is 0.164. The van der Waals surface area contributed by atoms with Gasteiger partial charge in [0.15, 0.2) is 0 Å². The number of primary sulfonamides is 1. The number of halogens is 2. The van der Waals surface area contributed by atoms with Crippen molar-refractivity contribution in [2.75, 3.05) is 7.11 Å². The summed E-state index contributed by atoms with van der Waals surface area (Å²) in [5.41, 5.74) is 0.164. The van der Waals surface area contributed by atoms with Crippen LogP contribution < -0.4 is 5.14 Å². The van der Waals surface area contributed by atoms with E-state index in [9.17, 15) is 12.8 Å². The van der Waals surface area contributed by atoms with Crippen molar-refractivity contribution < 1.29 is 17.5 Å². The van der Waals surface area contributed by atoms with Crippen LogP contribution >= 0.6 is 15.9 Å². The molecule has 0 saturated carbocycles. The molecule has 1 aromatic rings. The van der Waals surface area contributed by atoms with Gasteiger partial charge in [-0.15, -0.1) is 0 Å². The van der Waals surface area contributed by atoms with Crippen molar-refractivity contribution in [2.45, 2.75) is 18.3 Å². The fourth-order valence-corrected chi connectivity index (χ4v) is 2.41. The second-order valence-corrected chi connectivity index (χ2v) is 6.45. The molecule has 0 aliphatic carbocycles. The lowest BCUT2D eigenvalue weighted by molar-refractivity contribution is 0.0991. The van der Waals surface area contributed by atoms with Crippen LogP contribution in [0.25, 0.3) is 0 Å². The minimum Gasteiger partial charge on any atom is -0.375 e. The zero-order chi connectivity index (χ0) is 13.2. The molecular weight excluding hydrogens is 313 g/mol. The van der Waals surface area contributed by atoms with Gasteiger partial charge in [0.05, 0.1) is 0 Å². The summed E-state index contributed by atoms with van der Waals surface area (Å²) in [5, 5.41) is 4.01. The first-order valence-corrected chi connectivity index (χ1v) is 7.17. The van der Waals surface area contributed by atoms with Crippen LogP contribution in [0.4, 0.5) is 4.39 Å². The predicted octanol–water partition coefficient (Wildman–Crippen LogP) is 1.95. The third-order valence-electron chi connectivity index (χ3n) is 2.47. The fraction of sp³-hybridized carbons (Fsp3) is 0.400. The van der Waals surface area contributed by atoms with Crippen LogP contribution in [0.2, 0.25) is 0 Å². The van der Waals surface area contributed by atoms with Gasteiger partial charge in [0.25, 0.3) is 0 Å². The van der Waals surface area contributed by atoms with E-state index in [1.54, 1.807) is 6.07 Å². The smallest absolute Gasteiger partial charge is 0.214 e. The van der Waals surface area contributed by atoms with Gasteiger partial charge in [0.2, 0.25) is 10.0 Å². The van der Waals surface area contributed by atoms with Gasteiger partial charge in [0, 0.05) is 17.1 Å². The molecule has 0 unspecified atom stereocenters. The second-order valence-electron chi connectivity index (χ2n) is 3.62. The Morgan fingerprint density at radius 3 is 2.47 bits per heavy atom. The summed E-state index contributed by atoms with van der Waals surface area (Å²) < 4.78 is 41.8. The maximum atomic E-state index is 13.7. The molecule has 0 bridgehead atoms. The molecule has 1 rings (SSSR count). The van der Waals surface area contributed by atoms with E-state index in [2.05, 4.69) is 15.9 Å². The summed E-state index contributed by atoms with van der Waals surface area (Å²) in [4.78, 5) is 0. The van der Waals surface area contributed by atoms with E-state index in [1.807, 2.05) is 0 Å². The fourth-order valence-electron chi connectivity index (χ4n) is 1.48. The van der Waals surface area contributed by atoms with E-state index in [0.29, 0.717) is 4.47 Å². The molecule has 1 aromatic carbocycles. The molecule has 0 saturated heterocycles. The van der Waals surface area contributed by atoms with Crippen LogP contribution in [0.3, 0.4) is 0 Å². The summed E-state index contributed by atoms with van der Waals surface area (Å²) in [7, 11) is -2.48. The van der Waals surface area contributed by atoms with Gasteiger partial charge in [-0.2, -0.15) is 0 Å². The van der Waals surface area contributed by atoms with Crippen LogP contribution in [0, 0.1) is 5.82 Å². The lowest BCUT2D eigenvalue weighted by Gasteiger charge is -2.21. The Labute approximate surface area is 108 Å². The van der Waals surface area contributed by atoms with Gasteiger partial charge >= 0.3 is 0 Å². The Morgan fingerprint density at radius 1 is 1.47 bits per heavy atom. The van der Waals surface area contributed by atoms with Crippen molar-refractivity contribution in [3.63, 3.8) is 0 Å². The largest absolute Gasteiger partial charge is 0.375 e. The number of nitrogens with two attached hydrogens (primary N) is 1. The number of ether oxygens (including phenoxy) is 1. The topological polar surface area (TPSA) is 69.4 Å². The first-order valence-electron chi connectivity index (χ1n) is 4.76. The van der Waals surface area contributed by atoms with Crippen molar-refractivity contribution in [1.29, 1.82) is 0 Å². The van der Waals surface area contributed by atoms with Crippen LogP contribution in [0.15, 0.2) is 22.7 Å². The highest BCUT2D eigenvalue weighted by Gasteiger charge is 2.29. The highest BCUT2D eigenvalue weighted by atomic mass is 79.9. The van der Waals surface area contributed by atoms with Crippen molar-refractivity contribution >= 4 is 26.0 Å². The molecule has 0 radical (unpaired) electrons. The molecule has 7 heteroatoms. The van der Waals surface area contributed by atoms with E-state index in [4.69, 9.17) is 9.88 Å². The number of hydrogen-bond acceptors (Lipinski definition) is 3. The van der Waals surface area contributed by atoms with Crippen molar-refractivity contribution in [1.82, 2.24) is 0 Å². The molecule has 2 N–H and O–H groups in total. The summed E-state index contributed by atoms with van der Waals surface area (Å²) in [6.07, 6.45) is -0.932. The average molecular weight is 326 g/mol. The van der Waals surface area contributed by atoms with Crippen molar-refractivity contribution in [3.05, 3.63) is 34.1 Å². The molecule has 0 spiro atoms. The standard InChI is InChI=1S/C10H13BrFNO3S/c1-6(17(13,14)15)10(16-2)8-4-3-7(11)5-9(8)12/h3-6,10H,1-2H3,(H2,13,14,15)/t6-,10+/m0/s1. The normalized spacial score (nSPS) is 15.6. The SMILES string of the molecule is CO[C@@H](c1ccc(Br)cc1F)[C@H](C)S(N)(=O)=O. The lowest BCUT2D eigenvalue weighted by atomic mass is 10.1. The molecule has 4 nitrogen and oxygen atoms in total. The number of methoxy groups -OCH3 is 1. The molecular formula is C10H13BrFNO3S. The van der Waals surface area contributed by atoms with Crippen LogP contribution in [0.1, 0.15) is 18.6 Å². The zero-order valence-electron chi connectivity index (χ0n) is 9.35. The maximum absolute atomic E-state index is 13.7. The Hall–Kier alpha value is -0.500. The van der Waals surface area contributed by atoms with Gasteiger partial charge in [-0.05, 0) is 19.1 Å². The van der Waals surface area contributed by atoms with Crippen LogP contribution in [-0.4, -0.2) is 20.8 Å². The molecule has 0 aromatic heterocycles. The zero-order valence-corrected chi connectivity index (χ0v) is 11.8. The number of hydrogen-bond donors (Lipinski definition) is 1. The average Bonchev–Trinajstić information content (AvgIpc) is 2.20. The maximum Gasteiger partial charge on any atom is 0.214 e.